The summed E-state index contributed by atoms with van der Waals surface area (Å²) in [4.78, 5) is 4.26. The molecule has 0 aliphatic carbocycles. The van der Waals surface area contributed by atoms with E-state index in [9.17, 15) is 0 Å². The molecule has 160 valence electrons. The lowest BCUT2D eigenvalue weighted by Gasteiger charge is -2.10. The van der Waals surface area contributed by atoms with Crippen LogP contribution in [-0.2, 0) is 0 Å². The van der Waals surface area contributed by atoms with Crippen LogP contribution in [0.5, 0.6) is 0 Å². The average Bonchev–Trinajstić information content (AvgIpc) is 3.49. The summed E-state index contributed by atoms with van der Waals surface area (Å²) >= 11 is 0. The highest BCUT2D eigenvalue weighted by atomic mass is 15.0. The maximum atomic E-state index is 4.26. The molecule has 4 aromatic carbocycles. The minimum Gasteiger partial charge on any atom is -0.317 e. The van der Waals surface area contributed by atoms with E-state index in [-0.39, 0.29) is 0 Å². The summed E-state index contributed by atoms with van der Waals surface area (Å²) in [5.41, 5.74) is 8.26. The summed E-state index contributed by atoms with van der Waals surface area (Å²) in [5.74, 6) is 0. The number of fused-ring (bicyclic) bond motifs is 5. The van der Waals surface area contributed by atoms with Gasteiger partial charge in [0.15, 0.2) is 0 Å². The van der Waals surface area contributed by atoms with E-state index in [4.69, 9.17) is 0 Å². The Labute approximate surface area is 197 Å². The number of rotatable bonds is 3. The summed E-state index contributed by atoms with van der Waals surface area (Å²) < 4.78 is 4.64. The fraction of sp³-hybridized carbons (Fsp3) is 0. The number of hydrogen-bond donors (Lipinski definition) is 0. The Morgan fingerprint density at radius 1 is 0.500 bits per heavy atom. The van der Waals surface area contributed by atoms with Crippen LogP contribution < -0.4 is 0 Å². The zero-order valence-corrected chi connectivity index (χ0v) is 18.5. The Morgan fingerprint density at radius 3 is 2.09 bits per heavy atom. The second kappa shape index (κ2) is 7.46. The van der Waals surface area contributed by atoms with Crippen LogP contribution in [0.25, 0.3) is 55.2 Å². The maximum Gasteiger partial charge on any atom is 0.0548 e. The first-order chi connectivity index (χ1) is 16.9. The van der Waals surface area contributed by atoms with Crippen molar-refractivity contribution in [3.63, 3.8) is 0 Å². The zero-order valence-electron chi connectivity index (χ0n) is 18.5. The fourth-order valence-electron chi connectivity index (χ4n) is 5.11. The van der Waals surface area contributed by atoms with Crippen molar-refractivity contribution in [2.24, 2.45) is 0 Å². The van der Waals surface area contributed by atoms with Gasteiger partial charge in [-0.1, -0.05) is 54.6 Å². The highest BCUT2D eigenvalue weighted by Crippen LogP contribution is 2.38. The number of benzene rings is 4. The Kier molecular flexibility index (Phi) is 4.15. The smallest absolute Gasteiger partial charge is 0.0548 e. The van der Waals surface area contributed by atoms with Gasteiger partial charge in [-0.15, -0.1) is 0 Å². The van der Waals surface area contributed by atoms with Gasteiger partial charge in [-0.2, -0.15) is 0 Å². The van der Waals surface area contributed by atoms with Gasteiger partial charge in [0.05, 0.1) is 16.6 Å². The molecule has 0 radical (unpaired) electrons. The number of aromatic nitrogens is 3. The SMILES string of the molecule is c1ccc(-n2ccc3c4c5ccccc5n(-c5ccc(-c6cccnc6)cc5)c4ccc32)cc1. The van der Waals surface area contributed by atoms with Gasteiger partial charge in [-0.25, -0.2) is 0 Å². The number of hydrogen-bond acceptors (Lipinski definition) is 1. The Bertz CT molecular complexity index is 1770. The normalized spacial score (nSPS) is 11.5. The van der Waals surface area contributed by atoms with Crippen LogP contribution in [0.3, 0.4) is 0 Å². The molecule has 34 heavy (non-hydrogen) atoms. The van der Waals surface area contributed by atoms with Crippen molar-refractivity contribution in [1.82, 2.24) is 14.1 Å². The van der Waals surface area contributed by atoms with Crippen molar-refractivity contribution in [1.29, 1.82) is 0 Å². The van der Waals surface area contributed by atoms with E-state index in [0.29, 0.717) is 0 Å². The third-order valence-electron chi connectivity index (χ3n) is 6.66. The molecule has 3 aromatic heterocycles. The lowest BCUT2D eigenvalue weighted by molar-refractivity contribution is 1.13. The van der Waals surface area contributed by atoms with Crippen molar-refractivity contribution < 1.29 is 0 Å². The summed E-state index contributed by atoms with van der Waals surface area (Å²) in [6.07, 6.45) is 5.89. The van der Waals surface area contributed by atoms with Gasteiger partial charge in [-0.3, -0.25) is 4.98 Å². The molecule has 0 amide bonds. The van der Waals surface area contributed by atoms with Crippen LogP contribution in [0.4, 0.5) is 0 Å². The monoisotopic (exact) mass is 435 g/mol. The molecule has 0 spiro atoms. The summed E-state index contributed by atoms with van der Waals surface area (Å²) in [6.45, 7) is 0. The number of para-hydroxylation sites is 2. The van der Waals surface area contributed by atoms with Crippen molar-refractivity contribution in [2.75, 3.05) is 0 Å². The van der Waals surface area contributed by atoms with E-state index in [1.54, 1.807) is 0 Å². The maximum absolute atomic E-state index is 4.26. The Morgan fingerprint density at radius 2 is 1.26 bits per heavy atom. The molecule has 0 bridgehead atoms. The predicted molar refractivity (Wildman–Crippen MR) is 141 cm³/mol. The molecule has 3 heteroatoms. The first-order valence-corrected chi connectivity index (χ1v) is 11.5. The van der Waals surface area contributed by atoms with Crippen LogP contribution in [0, 0.1) is 0 Å². The molecule has 0 aliphatic heterocycles. The summed E-state index contributed by atoms with van der Waals surface area (Å²) in [6, 6.07) is 38.8. The molecule has 0 fully saturated rings. The first-order valence-electron chi connectivity index (χ1n) is 11.5. The van der Waals surface area contributed by atoms with Crippen LogP contribution in [0.1, 0.15) is 0 Å². The third-order valence-corrected chi connectivity index (χ3v) is 6.66. The molecule has 0 unspecified atom stereocenters. The molecule has 0 atom stereocenters. The van der Waals surface area contributed by atoms with Gasteiger partial charge in [0.1, 0.15) is 0 Å². The molecule has 0 saturated carbocycles. The minimum absolute atomic E-state index is 1.13. The summed E-state index contributed by atoms with van der Waals surface area (Å²) in [7, 11) is 0. The van der Waals surface area contributed by atoms with E-state index < -0.39 is 0 Å². The van der Waals surface area contributed by atoms with Crippen molar-refractivity contribution in [3.05, 3.63) is 128 Å². The highest BCUT2D eigenvalue weighted by Gasteiger charge is 2.16. The van der Waals surface area contributed by atoms with Crippen LogP contribution in [0.2, 0.25) is 0 Å². The van der Waals surface area contributed by atoms with Gasteiger partial charge in [0.2, 0.25) is 0 Å². The van der Waals surface area contributed by atoms with Crippen LogP contribution >= 0.6 is 0 Å². The summed E-state index contributed by atoms with van der Waals surface area (Å²) in [5, 5.41) is 3.83. The van der Waals surface area contributed by atoms with E-state index in [0.717, 1.165) is 11.3 Å². The molecular formula is C31H21N3. The lowest BCUT2D eigenvalue weighted by Crippen LogP contribution is -1.94. The third kappa shape index (κ3) is 2.81. The minimum atomic E-state index is 1.13. The molecule has 0 N–H and O–H groups in total. The van der Waals surface area contributed by atoms with E-state index in [1.165, 1.54) is 44.0 Å². The lowest BCUT2D eigenvalue weighted by atomic mass is 10.1. The molecule has 7 rings (SSSR count). The highest BCUT2D eigenvalue weighted by molar-refractivity contribution is 6.21. The molecule has 3 heterocycles. The largest absolute Gasteiger partial charge is 0.317 e. The van der Waals surface area contributed by atoms with Gasteiger partial charge in [0.25, 0.3) is 0 Å². The van der Waals surface area contributed by atoms with Gasteiger partial charge >= 0.3 is 0 Å². The second-order valence-electron chi connectivity index (χ2n) is 8.55. The fourth-order valence-corrected chi connectivity index (χ4v) is 5.11. The standard InChI is InChI=1S/C31H21N3/c1-2-8-24(9-3-1)33-20-18-27-28(33)16-17-30-31(27)26-10-4-5-11-29(26)34(30)25-14-12-22(13-15-25)23-7-6-19-32-21-23/h1-21H. The Hall–Kier alpha value is -4.63. The van der Waals surface area contributed by atoms with E-state index in [1.807, 2.05) is 18.5 Å². The van der Waals surface area contributed by atoms with Gasteiger partial charge in [-0.05, 0) is 65.7 Å². The van der Waals surface area contributed by atoms with E-state index >= 15 is 0 Å². The topological polar surface area (TPSA) is 22.8 Å². The molecule has 7 aromatic rings. The van der Waals surface area contributed by atoms with E-state index in [2.05, 4.69) is 123 Å². The number of pyridine rings is 1. The van der Waals surface area contributed by atoms with Crippen molar-refractivity contribution >= 4 is 32.7 Å². The zero-order chi connectivity index (χ0) is 22.5. The molecule has 0 aliphatic rings. The van der Waals surface area contributed by atoms with Crippen LogP contribution in [0.15, 0.2) is 128 Å². The predicted octanol–water partition coefficient (Wildman–Crippen LogP) is 7.79. The van der Waals surface area contributed by atoms with Gasteiger partial charge < -0.3 is 9.13 Å². The average molecular weight is 436 g/mol. The van der Waals surface area contributed by atoms with Crippen molar-refractivity contribution in [3.8, 4) is 22.5 Å². The first kappa shape index (κ1) is 18.9. The quantitative estimate of drug-likeness (QED) is 0.278. The molecular weight excluding hydrogens is 414 g/mol. The number of nitrogens with zero attached hydrogens (tertiary/aromatic N) is 3. The molecule has 0 saturated heterocycles. The molecule has 3 nitrogen and oxygen atoms in total. The van der Waals surface area contributed by atoms with Gasteiger partial charge in [0, 0.05) is 46.1 Å². The van der Waals surface area contributed by atoms with Crippen molar-refractivity contribution in [2.45, 2.75) is 0 Å². The second-order valence-corrected chi connectivity index (χ2v) is 8.55. The Balaban J connectivity index is 1.47. The van der Waals surface area contributed by atoms with Crippen LogP contribution in [-0.4, -0.2) is 14.1 Å².